The first-order valence-electron chi connectivity index (χ1n) is 7.10. The zero-order valence-corrected chi connectivity index (χ0v) is 12.3. The Morgan fingerprint density at radius 2 is 1.71 bits per heavy atom. The number of nitrogens with zero attached hydrogens (tertiary/aromatic N) is 1. The van der Waals surface area contributed by atoms with Crippen LogP contribution in [-0.4, -0.2) is 29.8 Å². The van der Waals surface area contributed by atoms with Gasteiger partial charge in [-0.1, -0.05) is 32.6 Å². The summed E-state index contributed by atoms with van der Waals surface area (Å²) < 4.78 is 0. The van der Waals surface area contributed by atoms with Crippen LogP contribution in [0.5, 0.6) is 0 Å². The zero-order valence-electron chi connectivity index (χ0n) is 11.5. The normalized spacial score (nSPS) is 10.5. The molecule has 102 valence electrons. The van der Waals surface area contributed by atoms with E-state index in [1.165, 1.54) is 19.3 Å². The van der Waals surface area contributed by atoms with Crippen molar-refractivity contribution in [2.45, 2.75) is 65.2 Å². The number of unbranched alkanes of at least 4 members (excludes halogenated alkanes) is 5. The van der Waals surface area contributed by atoms with E-state index in [1.54, 1.807) is 0 Å². The Hall–Kier alpha value is -0.240. The highest BCUT2D eigenvalue weighted by atomic mass is 35.5. The molecule has 0 N–H and O–H groups in total. The van der Waals surface area contributed by atoms with Gasteiger partial charge in [0, 0.05) is 25.4 Å². The van der Waals surface area contributed by atoms with Crippen LogP contribution in [0.1, 0.15) is 65.2 Å². The number of hydrogen-bond donors (Lipinski definition) is 0. The van der Waals surface area contributed by atoms with Crippen molar-refractivity contribution in [2.75, 3.05) is 19.0 Å². The van der Waals surface area contributed by atoms with Crippen LogP contribution in [0.15, 0.2) is 0 Å². The second-order valence-electron chi connectivity index (χ2n) is 4.53. The molecule has 0 atom stereocenters. The first kappa shape index (κ1) is 16.8. The van der Waals surface area contributed by atoms with Gasteiger partial charge in [0.25, 0.3) is 0 Å². The fourth-order valence-electron chi connectivity index (χ4n) is 1.89. The molecule has 17 heavy (non-hydrogen) atoms. The van der Waals surface area contributed by atoms with Crippen molar-refractivity contribution >= 4 is 17.5 Å². The molecule has 0 radical (unpaired) electrons. The average molecular weight is 262 g/mol. The molecule has 0 aromatic rings. The molecule has 0 aromatic heterocycles. The van der Waals surface area contributed by atoms with Crippen LogP contribution in [0.2, 0.25) is 0 Å². The molecule has 0 aliphatic heterocycles. The van der Waals surface area contributed by atoms with E-state index in [-0.39, 0.29) is 0 Å². The lowest BCUT2D eigenvalue weighted by molar-refractivity contribution is -0.131. The van der Waals surface area contributed by atoms with Crippen molar-refractivity contribution in [2.24, 2.45) is 0 Å². The van der Waals surface area contributed by atoms with Crippen LogP contribution in [0.3, 0.4) is 0 Å². The molecule has 3 heteroatoms. The number of rotatable bonds is 11. The summed E-state index contributed by atoms with van der Waals surface area (Å²) in [4.78, 5) is 13.9. The highest BCUT2D eigenvalue weighted by Gasteiger charge is 2.10. The molecule has 0 unspecified atom stereocenters. The average Bonchev–Trinajstić information content (AvgIpc) is 2.34. The van der Waals surface area contributed by atoms with Gasteiger partial charge in [0.05, 0.1) is 0 Å². The van der Waals surface area contributed by atoms with Gasteiger partial charge in [0.2, 0.25) is 5.91 Å². The number of amides is 1. The van der Waals surface area contributed by atoms with Crippen molar-refractivity contribution in [3.63, 3.8) is 0 Å². The molecule has 2 nitrogen and oxygen atoms in total. The Morgan fingerprint density at radius 3 is 2.29 bits per heavy atom. The molecule has 0 spiro atoms. The Labute approximate surface area is 112 Å². The van der Waals surface area contributed by atoms with Crippen LogP contribution in [0.25, 0.3) is 0 Å². The standard InChI is InChI=1S/C14H28ClNO/c1-3-5-6-10-13-16(4-2)14(17)11-8-7-9-12-15/h3-13H2,1-2H3. The summed E-state index contributed by atoms with van der Waals surface area (Å²) in [5, 5.41) is 0. The maximum atomic E-state index is 11.9. The van der Waals surface area contributed by atoms with E-state index >= 15 is 0 Å². The summed E-state index contributed by atoms with van der Waals surface area (Å²) in [5.74, 6) is 1.03. The molecule has 0 heterocycles. The van der Waals surface area contributed by atoms with E-state index in [2.05, 4.69) is 13.8 Å². The molecule has 0 aliphatic carbocycles. The molecule has 0 saturated heterocycles. The van der Waals surface area contributed by atoms with Crippen LogP contribution in [0, 0.1) is 0 Å². The summed E-state index contributed by atoms with van der Waals surface area (Å²) in [5.41, 5.74) is 0. The first-order valence-corrected chi connectivity index (χ1v) is 7.63. The van der Waals surface area contributed by atoms with E-state index in [4.69, 9.17) is 11.6 Å². The van der Waals surface area contributed by atoms with E-state index in [0.29, 0.717) is 18.2 Å². The molecule has 0 rings (SSSR count). The van der Waals surface area contributed by atoms with Crippen LogP contribution >= 0.6 is 11.6 Å². The van der Waals surface area contributed by atoms with Gasteiger partial charge < -0.3 is 4.90 Å². The molecular formula is C14H28ClNO. The minimum atomic E-state index is 0.318. The summed E-state index contributed by atoms with van der Waals surface area (Å²) in [6.07, 6.45) is 8.69. The van der Waals surface area contributed by atoms with E-state index in [1.807, 2.05) is 4.90 Å². The molecule has 0 fully saturated rings. The molecule has 0 bridgehead atoms. The fourth-order valence-corrected chi connectivity index (χ4v) is 2.08. The van der Waals surface area contributed by atoms with E-state index < -0.39 is 0 Å². The maximum absolute atomic E-state index is 11.9. The van der Waals surface area contributed by atoms with Gasteiger partial charge in [-0.3, -0.25) is 4.79 Å². The van der Waals surface area contributed by atoms with Crippen molar-refractivity contribution in [3.05, 3.63) is 0 Å². The monoisotopic (exact) mass is 261 g/mol. The largest absolute Gasteiger partial charge is 0.343 e. The van der Waals surface area contributed by atoms with Crippen LogP contribution < -0.4 is 0 Å². The maximum Gasteiger partial charge on any atom is 0.222 e. The number of carbonyl (C=O) groups excluding carboxylic acids is 1. The molecule has 0 saturated carbocycles. The Kier molecular flexibility index (Phi) is 12.1. The van der Waals surface area contributed by atoms with E-state index in [0.717, 1.165) is 38.8 Å². The SMILES string of the molecule is CCCCCCN(CC)C(=O)CCCCCCl. The summed E-state index contributed by atoms with van der Waals surface area (Å²) in [7, 11) is 0. The second-order valence-corrected chi connectivity index (χ2v) is 4.91. The topological polar surface area (TPSA) is 20.3 Å². The van der Waals surface area contributed by atoms with Crippen LogP contribution in [0.4, 0.5) is 0 Å². The molecular weight excluding hydrogens is 234 g/mol. The van der Waals surface area contributed by atoms with E-state index in [9.17, 15) is 4.79 Å². The highest BCUT2D eigenvalue weighted by molar-refractivity contribution is 6.17. The molecule has 1 amide bonds. The summed E-state index contributed by atoms with van der Waals surface area (Å²) in [6, 6.07) is 0. The smallest absolute Gasteiger partial charge is 0.222 e. The Bertz CT molecular complexity index is 185. The van der Waals surface area contributed by atoms with Gasteiger partial charge in [0.1, 0.15) is 0 Å². The summed E-state index contributed by atoms with van der Waals surface area (Å²) >= 11 is 5.61. The van der Waals surface area contributed by atoms with Gasteiger partial charge in [-0.15, -0.1) is 11.6 Å². The predicted molar refractivity (Wildman–Crippen MR) is 75.6 cm³/mol. The van der Waals surface area contributed by atoms with Gasteiger partial charge in [0.15, 0.2) is 0 Å². The first-order chi connectivity index (χ1) is 8.26. The van der Waals surface area contributed by atoms with Gasteiger partial charge in [-0.05, 0) is 26.2 Å². The van der Waals surface area contributed by atoms with Crippen molar-refractivity contribution in [1.82, 2.24) is 4.90 Å². The minimum absolute atomic E-state index is 0.318. The Balaban J connectivity index is 3.64. The lowest BCUT2D eigenvalue weighted by Gasteiger charge is -2.20. The lowest BCUT2D eigenvalue weighted by Crippen LogP contribution is -2.31. The lowest BCUT2D eigenvalue weighted by atomic mass is 10.1. The van der Waals surface area contributed by atoms with Gasteiger partial charge in [-0.2, -0.15) is 0 Å². The Morgan fingerprint density at radius 1 is 1.00 bits per heavy atom. The third kappa shape index (κ3) is 9.46. The quantitative estimate of drug-likeness (QED) is 0.403. The van der Waals surface area contributed by atoms with Gasteiger partial charge >= 0.3 is 0 Å². The second kappa shape index (κ2) is 12.2. The number of alkyl halides is 1. The number of halogens is 1. The predicted octanol–water partition coefficient (Wildman–Crippen LogP) is 4.21. The highest BCUT2D eigenvalue weighted by Crippen LogP contribution is 2.07. The number of hydrogen-bond acceptors (Lipinski definition) is 1. The minimum Gasteiger partial charge on any atom is -0.343 e. The van der Waals surface area contributed by atoms with Gasteiger partial charge in [-0.25, -0.2) is 0 Å². The third-order valence-corrected chi connectivity index (χ3v) is 3.31. The van der Waals surface area contributed by atoms with Crippen molar-refractivity contribution < 1.29 is 4.79 Å². The number of carbonyl (C=O) groups is 1. The van der Waals surface area contributed by atoms with Crippen molar-refractivity contribution in [1.29, 1.82) is 0 Å². The van der Waals surface area contributed by atoms with Crippen molar-refractivity contribution in [3.8, 4) is 0 Å². The molecule has 0 aromatic carbocycles. The third-order valence-electron chi connectivity index (χ3n) is 3.04. The zero-order chi connectivity index (χ0) is 12.9. The van der Waals surface area contributed by atoms with Crippen LogP contribution in [-0.2, 0) is 4.79 Å². The summed E-state index contributed by atoms with van der Waals surface area (Å²) in [6.45, 7) is 6.06. The molecule has 0 aliphatic rings. The fraction of sp³-hybridized carbons (Fsp3) is 0.929.